The maximum absolute atomic E-state index is 13.8. The van der Waals surface area contributed by atoms with Crippen LogP contribution in [-0.4, -0.2) is 5.97 Å². The van der Waals surface area contributed by atoms with Gasteiger partial charge >= 0.3 is 5.97 Å². The molecule has 0 saturated carbocycles. The zero-order chi connectivity index (χ0) is 31.4. The zero-order valence-electron chi connectivity index (χ0n) is 24.7. The molecule has 0 saturated heterocycles. The highest BCUT2D eigenvalue weighted by Crippen LogP contribution is 2.31. The SMILES string of the molecule is O=C(Oc1ccc(N=Nc2ccccc2)cc1)C(c1ccc(N=Nc2ccccc2)cc1)c1ccc(N=Nc2ccccc2)cc1. The van der Waals surface area contributed by atoms with E-state index in [4.69, 9.17) is 4.74 Å². The van der Waals surface area contributed by atoms with E-state index in [1.807, 2.05) is 140 Å². The lowest BCUT2D eigenvalue weighted by Crippen LogP contribution is -2.20. The van der Waals surface area contributed by atoms with Crippen LogP contribution in [-0.2, 0) is 4.79 Å². The largest absolute Gasteiger partial charge is 0.426 e. The molecule has 0 unspecified atom stereocenters. The Bertz CT molecular complexity index is 1850. The van der Waals surface area contributed by atoms with Crippen molar-refractivity contribution in [1.82, 2.24) is 0 Å². The first-order chi connectivity index (χ1) is 22.7. The second kappa shape index (κ2) is 14.9. The number of benzene rings is 6. The van der Waals surface area contributed by atoms with Crippen LogP contribution < -0.4 is 4.74 Å². The molecule has 0 heterocycles. The first-order valence-corrected chi connectivity index (χ1v) is 14.6. The standard InChI is InChI=1S/C38H28N6O2/c45-38(46-36-26-24-35(25-27-36)44-41-32-14-8-3-9-15-32)37(28-16-20-33(21-17-28)42-39-30-10-4-1-5-11-30)29-18-22-34(23-19-29)43-40-31-12-6-2-7-13-31/h1-27,37H. The third-order valence-corrected chi connectivity index (χ3v) is 6.86. The first-order valence-electron chi connectivity index (χ1n) is 14.6. The number of carbonyl (C=O) groups is 1. The van der Waals surface area contributed by atoms with Crippen LogP contribution in [0, 0.1) is 0 Å². The molecule has 0 spiro atoms. The van der Waals surface area contributed by atoms with E-state index in [-0.39, 0.29) is 0 Å². The number of ether oxygens (including phenoxy) is 1. The molecule has 46 heavy (non-hydrogen) atoms. The molecule has 0 aliphatic heterocycles. The molecule has 222 valence electrons. The van der Waals surface area contributed by atoms with Gasteiger partial charge in [-0.2, -0.15) is 30.7 Å². The van der Waals surface area contributed by atoms with Crippen LogP contribution in [0.25, 0.3) is 0 Å². The van der Waals surface area contributed by atoms with Gasteiger partial charge in [0.1, 0.15) is 11.7 Å². The van der Waals surface area contributed by atoms with E-state index in [2.05, 4.69) is 30.7 Å². The number of rotatable bonds is 10. The fraction of sp³-hybridized carbons (Fsp3) is 0.0263. The molecule has 8 nitrogen and oxygen atoms in total. The van der Waals surface area contributed by atoms with Crippen LogP contribution >= 0.6 is 0 Å². The van der Waals surface area contributed by atoms with Crippen LogP contribution in [0.5, 0.6) is 5.75 Å². The predicted molar refractivity (Wildman–Crippen MR) is 179 cm³/mol. The highest BCUT2D eigenvalue weighted by molar-refractivity contribution is 5.84. The summed E-state index contributed by atoms with van der Waals surface area (Å²) in [6.45, 7) is 0. The molecule has 6 rings (SSSR count). The van der Waals surface area contributed by atoms with Gasteiger partial charge in [-0.05, 0) is 96.1 Å². The minimum absolute atomic E-state index is 0.398. The van der Waals surface area contributed by atoms with Crippen molar-refractivity contribution in [3.8, 4) is 5.75 Å². The molecule has 0 aliphatic rings. The summed E-state index contributed by atoms with van der Waals surface area (Å²) < 4.78 is 5.88. The lowest BCUT2D eigenvalue weighted by Gasteiger charge is -2.17. The Balaban J connectivity index is 1.22. The molecule has 0 amide bonds. The maximum Gasteiger partial charge on any atom is 0.323 e. The molecule has 0 N–H and O–H groups in total. The summed E-state index contributed by atoms with van der Waals surface area (Å²) in [4.78, 5) is 13.8. The Kier molecular flexibility index (Phi) is 9.57. The van der Waals surface area contributed by atoms with E-state index in [0.29, 0.717) is 22.8 Å². The Morgan fingerprint density at radius 1 is 0.370 bits per heavy atom. The Morgan fingerprint density at radius 3 is 0.978 bits per heavy atom. The monoisotopic (exact) mass is 600 g/mol. The highest BCUT2D eigenvalue weighted by Gasteiger charge is 2.25. The minimum atomic E-state index is -0.710. The van der Waals surface area contributed by atoms with Gasteiger partial charge in [0.25, 0.3) is 0 Å². The van der Waals surface area contributed by atoms with Crippen molar-refractivity contribution in [2.75, 3.05) is 0 Å². The number of hydrogen-bond acceptors (Lipinski definition) is 8. The van der Waals surface area contributed by atoms with Crippen LogP contribution in [0.3, 0.4) is 0 Å². The summed E-state index contributed by atoms with van der Waals surface area (Å²) >= 11 is 0. The van der Waals surface area contributed by atoms with Crippen molar-refractivity contribution in [1.29, 1.82) is 0 Å². The predicted octanol–water partition coefficient (Wildman–Crippen LogP) is 11.7. The molecule has 0 radical (unpaired) electrons. The molecule has 0 bridgehead atoms. The van der Waals surface area contributed by atoms with E-state index in [0.717, 1.165) is 28.2 Å². The summed E-state index contributed by atoms with van der Waals surface area (Å²) in [6.07, 6.45) is 0. The van der Waals surface area contributed by atoms with Gasteiger partial charge in [0.2, 0.25) is 0 Å². The quantitative estimate of drug-likeness (QED) is 0.0887. The highest BCUT2D eigenvalue weighted by atomic mass is 16.5. The molecule has 6 aromatic rings. The lowest BCUT2D eigenvalue weighted by molar-refractivity contribution is -0.135. The molecule has 0 fully saturated rings. The summed E-state index contributed by atoms with van der Waals surface area (Å²) in [7, 11) is 0. The Labute approximate surface area is 266 Å². The van der Waals surface area contributed by atoms with Crippen molar-refractivity contribution in [2.45, 2.75) is 5.92 Å². The molecular weight excluding hydrogens is 572 g/mol. The van der Waals surface area contributed by atoms with Crippen LogP contribution in [0.4, 0.5) is 34.1 Å². The second-order valence-electron chi connectivity index (χ2n) is 10.1. The summed E-state index contributed by atoms with van der Waals surface area (Å²) in [5, 5.41) is 25.7. The average Bonchev–Trinajstić information content (AvgIpc) is 3.12. The van der Waals surface area contributed by atoms with Gasteiger partial charge < -0.3 is 4.74 Å². The van der Waals surface area contributed by atoms with Gasteiger partial charge in [-0.15, -0.1) is 0 Å². The summed E-state index contributed by atoms with van der Waals surface area (Å²) in [5.74, 6) is -0.746. The van der Waals surface area contributed by atoms with E-state index < -0.39 is 11.9 Å². The lowest BCUT2D eigenvalue weighted by atomic mass is 9.91. The summed E-state index contributed by atoms with van der Waals surface area (Å²) in [6, 6.07) is 50.2. The van der Waals surface area contributed by atoms with Gasteiger partial charge in [0.15, 0.2) is 0 Å². The van der Waals surface area contributed by atoms with Crippen LogP contribution in [0.1, 0.15) is 17.0 Å². The molecule has 0 aromatic heterocycles. The van der Waals surface area contributed by atoms with Gasteiger partial charge in [-0.1, -0.05) is 78.9 Å². The average molecular weight is 601 g/mol. The van der Waals surface area contributed by atoms with E-state index in [1.54, 1.807) is 24.3 Å². The Hall–Kier alpha value is -6.41. The second-order valence-corrected chi connectivity index (χ2v) is 10.1. The zero-order valence-corrected chi connectivity index (χ0v) is 24.7. The third kappa shape index (κ3) is 8.15. The minimum Gasteiger partial charge on any atom is -0.426 e. The smallest absolute Gasteiger partial charge is 0.323 e. The van der Waals surface area contributed by atoms with Gasteiger partial charge in [0.05, 0.1) is 34.1 Å². The van der Waals surface area contributed by atoms with Crippen LogP contribution in [0.2, 0.25) is 0 Å². The molecule has 0 aliphatic carbocycles. The Morgan fingerprint density at radius 2 is 0.652 bits per heavy atom. The van der Waals surface area contributed by atoms with E-state index in [1.165, 1.54) is 0 Å². The van der Waals surface area contributed by atoms with Gasteiger partial charge in [-0.3, -0.25) is 4.79 Å². The van der Waals surface area contributed by atoms with Crippen molar-refractivity contribution in [2.24, 2.45) is 30.7 Å². The fourth-order valence-electron chi connectivity index (χ4n) is 4.52. The number of nitrogens with zero attached hydrogens (tertiary/aromatic N) is 6. The van der Waals surface area contributed by atoms with Crippen molar-refractivity contribution < 1.29 is 9.53 Å². The van der Waals surface area contributed by atoms with Crippen LogP contribution in [0.15, 0.2) is 194 Å². The number of carbonyl (C=O) groups excluding carboxylic acids is 1. The molecule has 8 heteroatoms. The van der Waals surface area contributed by atoms with Gasteiger partial charge in [-0.25, -0.2) is 0 Å². The molecule has 0 atom stereocenters. The maximum atomic E-state index is 13.8. The number of azo groups is 3. The number of esters is 1. The third-order valence-electron chi connectivity index (χ3n) is 6.86. The topological polar surface area (TPSA) is 100 Å². The van der Waals surface area contributed by atoms with E-state index in [9.17, 15) is 4.79 Å². The van der Waals surface area contributed by atoms with Crippen molar-refractivity contribution in [3.63, 3.8) is 0 Å². The van der Waals surface area contributed by atoms with Gasteiger partial charge in [0, 0.05) is 0 Å². The molecule has 6 aromatic carbocycles. The van der Waals surface area contributed by atoms with E-state index >= 15 is 0 Å². The fourth-order valence-corrected chi connectivity index (χ4v) is 4.52. The molecular formula is C38H28N6O2. The number of hydrogen-bond donors (Lipinski definition) is 0. The van der Waals surface area contributed by atoms with Crippen molar-refractivity contribution >= 4 is 40.1 Å². The normalized spacial score (nSPS) is 12.1. The van der Waals surface area contributed by atoms with Crippen molar-refractivity contribution in [3.05, 3.63) is 175 Å². The first kappa shape index (κ1) is 29.7. The summed E-state index contributed by atoms with van der Waals surface area (Å²) in [5.41, 5.74) is 5.72.